The first kappa shape index (κ1) is 12.6. The molecule has 2 heterocycles. The van der Waals surface area contributed by atoms with Crippen molar-refractivity contribution < 1.29 is 0 Å². The molecule has 0 radical (unpaired) electrons. The maximum atomic E-state index is 6.00. The summed E-state index contributed by atoms with van der Waals surface area (Å²) in [5.41, 5.74) is 7.84. The average Bonchev–Trinajstić information content (AvgIpc) is 2.31. The SMILES string of the molecule is CCCN1CCN(c2c(N)cncc2Br)CC1. The number of piperazine rings is 1. The van der Waals surface area contributed by atoms with Crippen LogP contribution in [0.25, 0.3) is 0 Å². The van der Waals surface area contributed by atoms with Gasteiger partial charge in [0.2, 0.25) is 0 Å². The molecule has 0 saturated carbocycles. The third kappa shape index (κ3) is 2.90. The minimum Gasteiger partial charge on any atom is -0.396 e. The number of hydrogen-bond acceptors (Lipinski definition) is 4. The molecule has 0 bridgehead atoms. The largest absolute Gasteiger partial charge is 0.396 e. The number of nitrogens with zero attached hydrogens (tertiary/aromatic N) is 3. The number of nitrogens with two attached hydrogens (primary N) is 1. The topological polar surface area (TPSA) is 45.4 Å². The van der Waals surface area contributed by atoms with E-state index in [2.05, 4.69) is 37.6 Å². The Kier molecular flexibility index (Phi) is 4.23. The highest BCUT2D eigenvalue weighted by Crippen LogP contribution is 2.31. The molecule has 1 aromatic heterocycles. The fourth-order valence-corrected chi connectivity index (χ4v) is 2.89. The molecule has 1 aliphatic heterocycles. The molecule has 0 atom stereocenters. The molecule has 4 nitrogen and oxygen atoms in total. The molecule has 94 valence electrons. The van der Waals surface area contributed by atoms with E-state index in [-0.39, 0.29) is 0 Å². The van der Waals surface area contributed by atoms with Crippen LogP contribution >= 0.6 is 15.9 Å². The number of pyridine rings is 1. The lowest BCUT2D eigenvalue weighted by atomic mass is 10.2. The zero-order valence-electron chi connectivity index (χ0n) is 10.2. The summed E-state index contributed by atoms with van der Waals surface area (Å²) < 4.78 is 0.987. The molecular formula is C12H19BrN4. The van der Waals surface area contributed by atoms with Crippen molar-refractivity contribution in [2.45, 2.75) is 13.3 Å². The zero-order valence-corrected chi connectivity index (χ0v) is 11.8. The lowest BCUT2D eigenvalue weighted by Gasteiger charge is -2.36. The Morgan fingerprint density at radius 1 is 1.29 bits per heavy atom. The van der Waals surface area contributed by atoms with Crippen LogP contribution in [0.5, 0.6) is 0 Å². The predicted octanol–water partition coefficient (Wildman–Crippen LogP) is 1.96. The summed E-state index contributed by atoms with van der Waals surface area (Å²) in [5, 5.41) is 0. The Morgan fingerprint density at radius 3 is 2.59 bits per heavy atom. The second-order valence-electron chi connectivity index (χ2n) is 4.39. The Bertz CT molecular complexity index is 355. The van der Waals surface area contributed by atoms with E-state index in [1.165, 1.54) is 13.0 Å². The van der Waals surface area contributed by atoms with E-state index in [0.717, 1.165) is 42.0 Å². The highest BCUT2D eigenvalue weighted by Gasteiger charge is 2.19. The van der Waals surface area contributed by atoms with E-state index >= 15 is 0 Å². The quantitative estimate of drug-likeness (QED) is 0.927. The summed E-state index contributed by atoms with van der Waals surface area (Å²) in [5.74, 6) is 0. The lowest BCUT2D eigenvalue weighted by Crippen LogP contribution is -2.46. The van der Waals surface area contributed by atoms with Crippen molar-refractivity contribution >= 4 is 27.3 Å². The first-order valence-corrected chi connectivity index (χ1v) is 6.88. The Balaban J connectivity index is 2.05. The van der Waals surface area contributed by atoms with Gasteiger partial charge in [0.25, 0.3) is 0 Å². The van der Waals surface area contributed by atoms with Gasteiger partial charge in [-0.05, 0) is 28.9 Å². The van der Waals surface area contributed by atoms with Gasteiger partial charge in [-0.1, -0.05) is 6.92 Å². The van der Waals surface area contributed by atoms with Crippen LogP contribution in [0.3, 0.4) is 0 Å². The summed E-state index contributed by atoms with van der Waals surface area (Å²) >= 11 is 3.53. The van der Waals surface area contributed by atoms with Gasteiger partial charge >= 0.3 is 0 Å². The maximum Gasteiger partial charge on any atom is 0.0776 e. The summed E-state index contributed by atoms with van der Waals surface area (Å²) in [6.45, 7) is 7.72. The van der Waals surface area contributed by atoms with Crippen LogP contribution in [0.4, 0.5) is 11.4 Å². The summed E-state index contributed by atoms with van der Waals surface area (Å²) in [6.07, 6.45) is 4.75. The number of halogens is 1. The van der Waals surface area contributed by atoms with Crippen LogP contribution in [0.2, 0.25) is 0 Å². The monoisotopic (exact) mass is 298 g/mol. The third-order valence-electron chi connectivity index (χ3n) is 3.13. The van der Waals surface area contributed by atoms with Crippen LogP contribution in [0.15, 0.2) is 16.9 Å². The predicted molar refractivity (Wildman–Crippen MR) is 75.3 cm³/mol. The fourth-order valence-electron chi connectivity index (χ4n) is 2.29. The molecule has 2 rings (SSSR count). The van der Waals surface area contributed by atoms with E-state index in [1.807, 2.05) is 6.20 Å². The molecule has 1 aliphatic rings. The molecular weight excluding hydrogens is 280 g/mol. The lowest BCUT2D eigenvalue weighted by molar-refractivity contribution is 0.258. The minimum absolute atomic E-state index is 0.753. The van der Waals surface area contributed by atoms with Crippen LogP contribution in [0.1, 0.15) is 13.3 Å². The van der Waals surface area contributed by atoms with Crippen molar-refractivity contribution in [3.05, 3.63) is 16.9 Å². The van der Waals surface area contributed by atoms with Crippen molar-refractivity contribution in [3.8, 4) is 0 Å². The summed E-state index contributed by atoms with van der Waals surface area (Å²) in [7, 11) is 0. The molecule has 1 fully saturated rings. The second kappa shape index (κ2) is 5.69. The smallest absolute Gasteiger partial charge is 0.0776 e. The van der Waals surface area contributed by atoms with Gasteiger partial charge in [-0.2, -0.15) is 0 Å². The molecule has 0 unspecified atom stereocenters. The Labute approximate surface area is 111 Å². The van der Waals surface area contributed by atoms with Gasteiger partial charge in [-0.3, -0.25) is 9.88 Å². The number of nitrogen functional groups attached to an aromatic ring is 1. The highest BCUT2D eigenvalue weighted by atomic mass is 79.9. The molecule has 17 heavy (non-hydrogen) atoms. The van der Waals surface area contributed by atoms with Crippen LogP contribution in [0, 0.1) is 0 Å². The first-order valence-electron chi connectivity index (χ1n) is 6.08. The first-order chi connectivity index (χ1) is 8.22. The van der Waals surface area contributed by atoms with E-state index in [4.69, 9.17) is 5.73 Å². The summed E-state index contributed by atoms with van der Waals surface area (Å²) in [4.78, 5) is 8.92. The molecule has 1 saturated heterocycles. The van der Waals surface area contributed by atoms with Gasteiger partial charge < -0.3 is 10.6 Å². The molecule has 0 aliphatic carbocycles. The summed E-state index contributed by atoms with van der Waals surface area (Å²) in [6, 6.07) is 0. The van der Waals surface area contributed by atoms with Gasteiger partial charge in [0.1, 0.15) is 0 Å². The van der Waals surface area contributed by atoms with E-state index in [1.54, 1.807) is 6.20 Å². The average molecular weight is 299 g/mol. The van der Waals surface area contributed by atoms with Gasteiger partial charge in [-0.15, -0.1) is 0 Å². The second-order valence-corrected chi connectivity index (χ2v) is 5.24. The van der Waals surface area contributed by atoms with Gasteiger partial charge in [0, 0.05) is 32.4 Å². The van der Waals surface area contributed by atoms with Crippen LogP contribution < -0.4 is 10.6 Å². The third-order valence-corrected chi connectivity index (χ3v) is 3.71. The molecule has 0 aromatic carbocycles. The minimum atomic E-state index is 0.753. The number of hydrogen-bond donors (Lipinski definition) is 1. The standard InChI is InChI=1S/C12H19BrN4/c1-2-3-16-4-6-17(7-5-16)12-10(13)8-15-9-11(12)14/h8-9H,2-7,14H2,1H3. The van der Waals surface area contributed by atoms with Crippen LogP contribution in [-0.2, 0) is 0 Å². The van der Waals surface area contributed by atoms with Crippen molar-refractivity contribution in [2.24, 2.45) is 0 Å². The number of rotatable bonds is 3. The Hall–Kier alpha value is -0.810. The van der Waals surface area contributed by atoms with Gasteiger partial charge in [0.05, 0.1) is 22.0 Å². The van der Waals surface area contributed by atoms with E-state index in [9.17, 15) is 0 Å². The molecule has 2 N–H and O–H groups in total. The van der Waals surface area contributed by atoms with Crippen molar-refractivity contribution in [2.75, 3.05) is 43.4 Å². The molecule has 5 heteroatoms. The normalized spacial score (nSPS) is 17.4. The highest BCUT2D eigenvalue weighted by molar-refractivity contribution is 9.10. The molecule has 1 aromatic rings. The maximum absolute atomic E-state index is 6.00. The van der Waals surface area contributed by atoms with Gasteiger partial charge in [0.15, 0.2) is 0 Å². The number of aromatic nitrogens is 1. The van der Waals surface area contributed by atoms with Crippen molar-refractivity contribution in [1.82, 2.24) is 9.88 Å². The Morgan fingerprint density at radius 2 is 2.00 bits per heavy atom. The number of anilines is 2. The fraction of sp³-hybridized carbons (Fsp3) is 0.583. The van der Waals surface area contributed by atoms with Crippen molar-refractivity contribution in [3.63, 3.8) is 0 Å². The molecule has 0 amide bonds. The zero-order chi connectivity index (χ0) is 12.3. The van der Waals surface area contributed by atoms with E-state index < -0.39 is 0 Å². The van der Waals surface area contributed by atoms with E-state index in [0.29, 0.717) is 0 Å². The van der Waals surface area contributed by atoms with Crippen LogP contribution in [-0.4, -0.2) is 42.6 Å². The van der Waals surface area contributed by atoms with Crippen molar-refractivity contribution in [1.29, 1.82) is 0 Å². The molecule has 0 spiro atoms. The van der Waals surface area contributed by atoms with Gasteiger partial charge in [-0.25, -0.2) is 0 Å².